The topological polar surface area (TPSA) is 24.9 Å². The fraction of sp³-hybridized carbons (Fsp3) is 0.647. The molecule has 1 aromatic rings. The normalized spacial score (nSPS) is 23.7. The van der Waals surface area contributed by atoms with Gasteiger partial charge in [-0.3, -0.25) is 4.90 Å². The molecule has 0 spiro atoms. The van der Waals surface area contributed by atoms with Gasteiger partial charge in [-0.2, -0.15) is 0 Å². The summed E-state index contributed by atoms with van der Waals surface area (Å²) in [6.07, 6.45) is 3.40. The molecule has 0 aromatic heterocycles. The molecule has 1 saturated heterocycles. The van der Waals surface area contributed by atoms with E-state index in [0.717, 1.165) is 24.3 Å². The third kappa shape index (κ3) is 2.87. The van der Waals surface area contributed by atoms with Gasteiger partial charge in [0.05, 0.1) is 14.2 Å². The van der Waals surface area contributed by atoms with Gasteiger partial charge in [0.1, 0.15) is 11.5 Å². The van der Waals surface area contributed by atoms with Crippen LogP contribution in [0.4, 0.5) is 0 Å². The Balaban J connectivity index is 1.81. The molecule has 1 aliphatic carbocycles. The van der Waals surface area contributed by atoms with Crippen molar-refractivity contribution in [3.05, 3.63) is 23.3 Å². The van der Waals surface area contributed by atoms with E-state index in [9.17, 15) is 0 Å². The summed E-state index contributed by atoms with van der Waals surface area (Å²) < 4.78 is 11.1. The molecule has 116 valence electrons. The molecule has 21 heavy (non-hydrogen) atoms. The Labute approximate surface area is 127 Å². The minimum absolute atomic E-state index is 0.646. The van der Waals surface area contributed by atoms with E-state index in [1.165, 1.54) is 43.7 Å². The Bertz CT molecular complexity index is 496. The quantitative estimate of drug-likeness (QED) is 0.847. The van der Waals surface area contributed by atoms with Crippen LogP contribution in [0.15, 0.2) is 12.1 Å². The second-order valence-corrected chi connectivity index (χ2v) is 6.16. The Kier molecular flexibility index (Phi) is 4.36. The van der Waals surface area contributed by atoms with Gasteiger partial charge in [0.2, 0.25) is 0 Å². The van der Waals surface area contributed by atoms with Crippen LogP contribution in [0.3, 0.4) is 0 Å². The maximum absolute atomic E-state index is 5.58. The number of rotatable bonds is 3. The lowest BCUT2D eigenvalue weighted by Gasteiger charge is -2.40. The van der Waals surface area contributed by atoms with Gasteiger partial charge >= 0.3 is 0 Å². The smallest absolute Gasteiger partial charge is 0.122 e. The van der Waals surface area contributed by atoms with Gasteiger partial charge in [-0.05, 0) is 38.4 Å². The molecule has 4 heteroatoms. The van der Waals surface area contributed by atoms with E-state index in [0.29, 0.717) is 6.04 Å². The number of fused-ring (bicyclic) bond motifs is 1. The number of ether oxygens (including phenoxy) is 2. The highest BCUT2D eigenvalue weighted by Gasteiger charge is 2.29. The van der Waals surface area contributed by atoms with Crippen LogP contribution >= 0.6 is 0 Å². The molecule has 0 bridgehead atoms. The average molecular weight is 290 g/mol. The molecule has 0 unspecified atom stereocenters. The Hall–Kier alpha value is -1.26. The number of hydrogen-bond acceptors (Lipinski definition) is 4. The molecular weight excluding hydrogens is 264 g/mol. The molecule has 0 N–H and O–H groups in total. The highest BCUT2D eigenvalue weighted by atomic mass is 16.5. The van der Waals surface area contributed by atoms with Gasteiger partial charge in [0.25, 0.3) is 0 Å². The van der Waals surface area contributed by atoms with Crippen LogP contribution in [0, 0.1) is 0 Å². The van der Waals surface area contributed by atoms with Crippen molar-refractivity contribution in [1.29, 1.82) is 0 Å². The van der Waals surface area contributed by atoms with Crippen molar-refractivity contribution in [1.82, 2.24) is 9.80 Å². The van der Waals surface area contributed by atoms with E-state index < -0.39 is 0 Å². The first-order chi connectivity index (χ1) is 10.2. The Morgan fingerprint density at radius 3 is 2.19 bits per heavy atom. The van der Waals surface area contributed by atoms with Crippen LogP contribution in [-0.2, 0) is 12.8 Å². The van der Waals surface area contributed by atoms with Gasteiger partial charge in [-0.15, -0.1) is 0 Å². The highest BCUT2D eigenvalue weighted by molar-refractivity contribution is 5.50. The van der Waals surface area contributed by atoms with Crippen LogP contribution in [0.2, 0.25) is 0 Å². The van der Waals surface area contributed by atoms with Crippen molar-refractivity contribution in [2.45, 2.75) is 25.3 Å². The molecular formula is C17H26N2O2. The van der Waals surface area contributed by atoms with Crippen LogP contribution in [-0.4, -0.2) is 63.3 Å². The van der Waals surface area contributed by atoms with Crippen molar-refractivity contribution in [3.8, 4) is 11.5 Å². The zero-order valence-corrected chi connectivity index (χ0v) is 13.4. The van der Waals surface area contributed by atoms with E-state index in [4.69, 9.17) is 9.47 Å². The molecule has 1 atom stereocenters. The second-order valence-electron chi connectivity index (χ2n) is 6.16. The molecule has 0 saturated carbocycles. The van der Waals surface area contributed by atoms with Crippen LogP contribution in [0.5, 0.6) is 11.5 Å². The molecule has 1 aliphatic heterocycles. The summed E-state index contributed by atoms with van der Waals surface area (Å²) >= 11 is 0. The molecule has 4 nitrogen and oxygen atoms in total. The molecule has 1 fully saturated rings. The third-order valence-electron chi connectivity index (χ3n) is 5.01. The lowest BCUT2D eigenvalue weighted by molar-refractivity contribution is 0.103. The zero-order valence-electron chi connectivity index (χ0n) is 13.4. The van der Waals surface area contributed by atoms with Crippen LogP contribution in [0.25, 0.3) is 0 Å². The maximum Gasteiger partial charge on any atom is 0.122 e. The fourth-order valence-corrected chi connectivity index (χ4v) is 3.68. The highest BCUT2D eigenvalue weighted by Crippen LogP contribution is 2.37. The lowest BCUT2D eigenvalue weighted by Crippen LogP contribution is -2.50. The fourth-order valence-electron chi connectivity index (χ4n) is 3.68. The van der Waals surface area contributed by atoms with Crippen molar-refractivity contribution < 1.29 is 9.47 Å². The lowest BCUT2D eigenvalue weighted by atomic mass is 9.86. The van der Waals surface area contributed by atoms with Crippen LogP contribution < -0.4 is 9.47 Å². The predicted octanol–water partition coefficient (Wildman–Crippen LogP) is 1.81. The van der Waals surface area contributed by atoms with E-state index in [-0.39, 0.29) is 0 Å². The minimum atomic E-state index is 0.646. The largest absolute Gasteiger partial charge is 0.496 e. The van der Waals surface area contributed by atoms with Gasteiger partial charge in [-0.1, -0.05) is 0 Å². The summed E-state index contributed by atoms with van der Waals surface area (Å²) in [5.74, 6) is 2.03. The van der Waals surface area contributed by atoms with E-state index in [2.05, 4.69) is 16.8 Å². The monoisotopic (exact) mass is 290 g/mol. The Morgan fingerprint density at radius 2 is 1.57 bits per heavy atom. The molecule has 0 radical (unpaired) electrons. The number of methoxy groups -OCH3 is 2. The first-order valence-electron chi connectivity index (χ1n) is 7.88. The molecule has 0 amide bonds. The molecule has 1 aromatic carbocycles. The number of benzene rings is 1. The third-order valence-corrected chi connectivity index (χ3v) is 5.01. The molecule has 3 rings (SSSR count). The van der Waals surface area contributed by atoms with Gasteiger partial charge < -0.3 is 14.4 Å². The summed E-state index contributed by atoms with van der Waals surface area (Å²) in [6, 6.07) is 4.73. The van der Waals surface area contributed by atoms with E-state index in [1.807, 2.05) is 12.1 Å². The first kappa shape index (κ1) is 14.7. The summed E-state index contributed by atoms with van der Waals surface area (Å²) in [7, 11) is 5.73. The summed E-state index contributed by atoms with van der Waals surface area (Å²) in [6.45, 7) is 4.72. The number of piperazine rings is 1. The van der Waals surface area contributed by atoms with Crippen LogP contribution in [0.1, 0.15) is 17.5 Å². The minimum Gasteiger partial charge on any atom is -0.496 e. The van der Waals surface area contributed by atoms with Gasteiger partial charge in [0, 0.05) is 43.3 Å². The molecule has 2 aliphatic rings. The Morgan fingerprint density at radius 1 is 0.952 bits per heavy atom. The van der Waals surface area contributed by atoms with Crippen molar-refractivity contribution in [3.63, 3.8) is 0 Å². The summed E-state index contributed by atoms with van der Waals surface area (Å²) in [4.78, 5) is 5.07. The molecule has 1 heterocycles. The average Bonchev–Trinajstić information content (AvgIpc) is 2.54. The van der Waals surface area contributed by atoms with E-state index in [1.54, 1.807) is 14.2 Å². The number of likely N-dealkylation sites (N-methyl/N-ethyl adjacent to an activating group) is 1. The van der Waals surface area contributed by atoms with Crippen molar-refractivity contribution in [2.75, 3.05) is 47.4 Å². The second kappa shape index (κ2) is 6.24. The zero-order chi connectivity index (χ0) is 14.8. The summed E-state index contributed by atoms with van der Waals surface area (Å²) in [5.41, 5.74) is 2.70. The van der Waals surface area contributed by atoms with E-state index >= 15 is 0 Å². The predicted molar refractivity (Wildman–Crippen MR) is 84.4 cm³/mol. The summed E-state index contributed by atoms with van der Waals surface area (Å²) in [5, 5.41) is 0. The van der Waals surface area contributed by atoms with Gasteiger partial charge in [-0.25, -0.2) is 0 Å². The number of hydrogen-bond donors (Lipinski definition) is 0. The van der Waals surface area contributed by atoms with Crippen molar-refractivity contribution >= 4 is 0 Å². The maximum atomic E-state index is 5.58. The number of nitrogens with zero attached hydrogens (tertiary/aromatic N) is 2. The SMILES string of the molecule is COc1ccc(OC)c2c1CC[C@@H](N1CCN(C)CC1)C2. The van der Waals surface area contributed by atoms with Crippen molar-refractivity contribution in [2.24, 2.45) is 0 Å². The van der Waals surface area contributed by atoms with Gasteiger partial charge in [0.15, 0.2) is 0 Å². The standard InChI is InChI=1S/C17H26N2O2/c1-18-8-10-19(11-9-18)13-4-5-14-15(12-13)17(21-3)7-6-16(14)20-2/h6-7,13H,4-5,8-12H2,1-3H3/t13-/m1/s1. The first-order valence-corrected chi connectivity index (χ1v) is 7.88.